The van der Waals surface area contributed by atoms with E-state index in [2.05, 4.69) is 15.4 Å². The summed E-state index contributed by atoms with van der Waals surface area (Å²) in [6.07, 6.45) is -0.368. The van der Waals surface area contributed by atoms with E-state index in [1.807, 2.05) is 0 Å². The summed E-state index contributed by atoms with van der Waals surface area (Å²) in [5, 5.41) is 5.15. The van der Waals surface area contributed by atoms with Crippen molar-refractivity contribution in [1.29, 1.82) is 0 Å². The van der Waals surface area contributed by atoms with Gasteiger partial charge in [0.25, 0.3) is 0 Å². The number of hydrogen-bond donors (Lipinski definition) is 2. The predicted octanol–water partition coefficient (Wildman–Crippen LogP) is 2.64. The van der Waals surface area contributed by atoms with Gasteiger partial charge in [0.2, 0.25) is 11.8 Å². The Labute approximate surface area is 150 Å². The first kappa shape index (κ1) is 18.9. The number of amides is 2. The molecular formula is C19H18N2O5. The molecule has 0 saturated carbocycles. The van der Waals surface area contributed by atoms with Gasteiger partial charge in [-0.3, -0.25) is 14.4 Å². The molecule has 0 unspecified atom stereocenters. The zero-order chi connectivity index (χ0) is 19.1. The number of nitrogens with one attached hydrogen (secondary N) is 2. The highest BCUT2D eigenvalue weighted by molar-refractivity contribution is 6.08. The van der Waals surface area contributed by atoms with E-state index in [-0.39, 0.29) is 12.2 Å². The van der Waals surface area contributed by atoms with Gasteiger partial charge in [-0.05, 0) is 55.5 Å². The Hall–Kier alpha value is -3.48. The van der Waals surface area contributed by atoms with Crippen LogP contribution in [0, 0.1) is 0 Å². The van der Waals surface area contributed by atoms with Crippen LogP contribution in [-0.2, 0) is 14.3 Å². The third-order valence-corrected chi connectivity index (χ3v) is 3.49. The van der Waals surface area contributed by atoms with Crippen LogP contribution in [0.25, 0.3) is 0 Å². The number of esters is 1. The van der Waals surface area contributed by atoms with E-state index >= 15 is 0 Å². The lowest BCUT2D eigenvalue weighted by molar-refractivity contribution is -0.123. The molecular weight excluding hydrogens is 336 g/mol. The average molecular weight is 354 g/mol. The molecule has 7 nitrogen and oxygen atoms in total. The Morgan fingerprint density at radius 2 is 1.19 bits per heavy atom. The number of methoxy groups -OCH3 is 1. The summed E-state index contributed by atoms with van der Waals surface area (Å²) in [4.78, 5) is 46.4. The van der Waals surface area contributed by atoms with E-state index in [1.165, 1.54) is 26.2 Å². The molecule has 0 atom stereocenters. The second kappa shape index (κ2) is 8.57. The van der Waals surface area contributed by atoms with Crippen molar-refractivity contribution in [3.63, 3.8) is 0 Å². The van der Waals surface area contributed by atoms with Gasteiger partial charge < -0.3 is 15.4 Å². The maximum absolute atomic E-state index is 11.9. The van der Waals surface area contributed by atoms with Gasteiger partial charge in [-0.25, -0.2) is 4.79 Å². The molecule has 134 valence electrons. The molecule has 2 amide bonds. The van der Waals surface area contributed by atoms with Gasteiger partial charge in [0.1, 0.15) is 6.42 Å². The molecule has 0 saturated heterocycles. The summed E-state index contributed by atoms with van der Waals surface area (Å²) >= 11 is 0. The van der Waals surface area contributed by atoms with Crippen LogP contribution in [0.15, 0.2) is 48.5 Å². The molecule has 2 rings (SSSR count). The summed E-state index contributed by atoms with van der Waals surface area (Å²) in [6.45, 7) is 1.45. The van der Waals surface area contributed by atoms with Gasteiger partial charge in [-0.2, -0.15) is 0 Å². The van der Waals surface area contributed by atoms with E-state index < -0.39 is 17.8 Å². The second-order valence-corrected chi connectivity index (χ2v) is 5.48. The minimum atomic E-state index is -0.492. The van der Waals surface area contributed by atoms with Crippen LogP contribution in [0.2, 0.25) is 0 Å². The van der Waals surface area contributed by atoms with E-state index in [0.29, 0.717) is 22.5 Å². The predicted molar refractivity (Wildman–Crippen MR) is 96.1 cm³/mol. The van der Waals surface area contributed by atoms with Crippen molar-refractivity contribution >= 4 is 34.9 Å². The average Bonchev–Trinajstić information content (AvgIpc) is 2.61. The summed E-state index contributed by atoms with van der Waals surface area (Å²) in [6, 6.07) is 12.5. The van der Waals surface area contributed by atoms with E-state index in [9.17, 15) is 19.2 Å². The van der Waals surface area contributed by atoms with Gasteiger partial charge in [-0.1, -0.05) is 0 Å². The van der Waals surface area contributed by atoms with Gasteiger partial charge in [0.05, 0.1) is 12.7 Å². The molecule has 2 aromatic carbocycles. The normalized spacial score (nSPS) is 9.92. The van der Waals surface area contributed by atoms with Crippen molar-refractivity contribution in [2.24, 2.45) is 0 Å². The summed E-state index contributed by atoms with van der Waals surface area (Å²) < 4.78 is 4.59. The van der Waals surface area contributed by atoms with Crippen molar-refractivity contribution in [2.75, 3.05) is 17.7 Å². The fourth-order valence-corrected chi connectivity index (χ4v) is 2.15. The first-order valence-corrected chi connectivity index (χ1v) is 7.78. The van der Waals surface area contributed by atoms with Crippen LogP contribution in [0.5, 0.6) is 0 Å². The molecule has 0 radical (unpaired) electrons. The number of carbonyl (C=O) groups excluding carboxylic acids is 4. The molecule has 0 bridgehead atoms. The van der Waals surface area contributed by atoms with E-state index in [0.717, 1.165) is 0 Å². The minimum Gasteiger partial charge on any atom is -0.465 e. The van der Waals surface area contributed by atoms with Gasteiger partial charge >= 0.3 is 5.97 Å². The number of anilines is 2. The molecule has 0 heterocycles. The number of rotatable bonds is 6. The fourth-order valence-electron chi connectivity index (χ4n) is 2.15. The Bertz CT molecular complexity index is 826. The van der Waals surface area contributed by atoms with Crippen LogP contribution >= 0.6 is 0 Å². The van der Waals surface area contributed by atoms with Gasteiger partial charge in [0, 0.05) is 16.9 Å². The monoisotopic (exact) mass is 354 g/mol. The molecule has 7 heteroatoms. The maximum Gasteiger partial charge on any atom is 0.337 e. The zero-order valence-electron chi connectivity index (χ0n) is 14.4. The van der Waals surface area contributed by atoms with Gasteiger partial charge in [0.15, 0.2) is 5.78 Å². The minimum absolute atomic E-state index is 0.0690. The van der Waals surface area contributed by atoms with Crippen LogP contribution in [0.4, 0.5) is 11.4 Å². The number of ether oxygens (including phenoxy) is 1. The third kappa shape index (κ3) is 5.27. The number of carbonyl (C=O) groups is 4. The van der Waals surface area contributed by atoms with E-state index in [1.54, 1.807) is 36.4 Å². The number of ketones is 1. The maximum atomic E-state index is 11.9. The Morgan fingerprint density at radius 3 is 1.58 bits per heavy atom. The molecule has 0 aliphatic rings. The molecule has 0 aromatic heterocycles. The lowest BCUT2D eigenvalue weighted by Crippen LogP contribution is -2.21. The lowest BCUT2D eigenvalue weighted by atomic mass is 10.1. The number of hydrogen-bond acceptors (Lipinski definition) is 5. The second-order valence-electron chi connectivity index (χ2n) is 5.48. The van der Waals surface area contributed by atoms with Gasteiger partial charge in [-0.15, -0.1) is 0 Å². The highest BCUT2D eigenvalue weighted by Gasteiger charge is 2.11. The Balaban J connectivity index is 1.87. The molecule has 0 spiro atoms. The highest BCUT2D eigenvalue weighted by atomic mass is 16.5. The topological polar surface area (TPSA) is 102 Å². The lowest BCUT2D eigenvalue weighted by Gasteiger charge is -2.07. The zero-order valence-corrected chi connectivity index (χ0v) is 14.4. The molecule has 0 aliphatic carbocycles. The van der Waals surface area contributed by atoms with Crippen molar-refractivity contribution in [3.05, 3.63) is 59.7 Å². The Morgan fingerprint density at radius 1 is 0.769 bits per heavy atom. The number of benzene rings is 2. The summed E-state index contributed by atoms with van der Waals surface area (Å²) in [7, 11) is 1.28. The molecule has 26 heavy (non-hydrogen) atoms. The first-order valence-electron chi connectivity index (χ1n) is 7.78. The summed E-state index contributed by atoms with van der Waals surface area (Å²) in [5.41, 5.74) is 1.85. The first-order chi connectivity index (χ1) is 12.4. The SMILES string of the molecule is COC(=O)c1ccc(NC(=O)CC(=O)Nc2ccc(C(C)=O)cc2)cc1. The summed E-state index contributed by atoms with van der Waals surface area (Å²) in [5.74, 6) is -1.52. The molecule has 0 aliphatic heterocycles. The highest BCUT2D eigenvalue weighted by Crippen LogP contribution is 2.12. The van der Waals surface area contributed by atoms with Crippen molar-refractivity contribution in [2.45, 2.75) is 13.3 Å². The van der Waals surface area contributed by atoms with Crippen molar-refractivity contribution in [3.8, 4) is 0 Å². The van der Waals surface area contributed by atoms with Crippen LogP contribution in [0.3, 0.4) is 0 Å². The largest absolute Gasteiger partial charge is 0.465 e. The van der Waals surface area contributed by atoms with Crippen molar-refractivity contribution in [1.82, 2.24) is 0 Å². The standard InChI is InChI=1S/C19H18N2O5/c1-12(22)13-3-7-15(8-4-13)20-17(23)11-18(24)21-16-9-5-14(6-10-16)19(25)26-2/h3-10H,11H2,1-2H3,(H,20,23)(H,21,24). The fraction of sp³-hybridized carbons (Fsp3) is 0.158. The Kier molecular flexibility index (Phi) is 6.21. The van der Waals surface area contributed by atoms with Crippen LogP contribution in [-0.4, -0.2) is 30.7 Å². The molecule has 2 N–H and O–H groups in total. The molecule has 2 aromatic rings. The number of Topliss-reactive ketones (excluding diaryl/α,β-unsaturated/α-hetero) is 1. The smallest absolute Gasteiger partial charge is 0.337 e. The van der Waals surface area contributed by atoms with Crippen LogP contribution < -0.4 is 10.6 Å². The van der Waals surface area contributed by atoms with Crippen LogP contribution in [0.1, 0.15) is 34.1 Å². The van der Waals surface area contributed by atoms with Crippen molar-refractivity contribution < 1.29 is 23.9 Å². The third-order valence-electron chi connectivity index (χ3n) is 3.49. The van der Waals surface area contributed by atoms with E-state index in [4.69, 9.17) is 0 Å². The quantitative estimate of drug-likeness (QED) is 0.472. The molecule has 0 fully saturated rings.